The molecule has 1 unspecified atom stereocenters. The van der Waals surface area contributed by atoms with Crippen LogP contribution in [0.1, 0.15) is 32.6 Å². The fourth-order valence-electron chi connectivity index (χ4n) is 2.66. The SMILES string of the molecule is CCCC(C(=O)N(C)CC1CCN(C)CC1)C(N)=S. The molecule has 1 fully saturated rings. The van der Waals surface area contributed by atoms with Gasteiger partial charge in [0.1, 0.15) is 0 Å². The third-order valence-electron chi connectivity index (χ3n) is 3.97. The fourth-order valence-corrected chi connectivity index (χ4v) is 2.88. The van der Waals surface area contributed by atoms with Crippen molar-refractivity contribution in [1.29, 1.82) is 0 Å². The lowest BCUT2D eigenvalue weighted by molar-refractivity contribution is -0.133. The molecule has 1 aliphatic heterocycles. The summed E-state index contributed by atoms with van der Waals surface area (Å²) in [6.45, 7) is 5.13. The first-order valence-electron chi connectivity index (χ1n) is 7.18. The van der Waals surface area contributed by atoms with Crippen molar-refractivity contribution in [3.63, 3.8) is 0 Å². The zero-order chi connectivity index (χ0) is 14.4. The summed E-state index contributed by atoms with van der Waals surface area (Å²) in [5.41, 5.74) is 5.69. The molecule has 1 saturated heterocycles. The van der Waals surface area contributed by atoms with Gasteiger partial charge in [0.2, 0.25) is 5.91 Å². The van der Waals surface area contributed by atoms with E-state index >= 15 is 0 Å². The maximum absolute atomic E-state index is 12.4. The van der Waals surface area contributed by atoms with Crippen molar-refractivity contribution in [3.05, 3.63) is 0 Å². The van der Waals surface area contributed by atoms with E-state index in [1.807, 2.05) is 11.9 Å². The van der Waals surface area contributed by atoms with E-state index in [1.54, 1.807) is 0 Å². The van der Waals surface area contributed by atoms with Crippen molar-refractivity contribution in [2.24, 2.45) is 17.6 Å². The summed E-state index contributed by atoms with van der Waals surface area (Å²) in [6.07, 6.45) is 4.01. The minimum absolute atomic E-state index is 0.0910. The van der Waals surface area contributed by atoms with Crippen molar-refractivity contribution in [3.8, 4) is 0 Å². The third-order valence-corrected chi connectivity index (χ3v) is 4.25. The predicted molar refractivity (Wildman–Crippen MR) is 83.0 cm³/mol. The molecule has 0 saturated carbocycles. The van der Waals surface area contributed by atoms with Crippen LogP contribution >= 0.6 is 12.2 Å². The molecule has 0 bridgehead atoms. The highest BCUT2D eigenvalue weighted by Crippen LogP contribution is 2.18. The van der Waals surface area contributed by atoms with E-state index in [0.717, 1.165) is 32.5 Å². The first-order valence-corrected chi connectivity index (χ1v) is 7.59. The van der Waals surface area contributed by atoms with E-state index in [1.165, 1.54) is 12.8 Å². The van der Waals surface area contributed by atoms with Gasteiger partial charge in [-0.3, -0.25) is 4.79 Å². The number of rotatable bonds is 6. The minimum Gasteiger partial charge on any atom is -0.393 e. The molecule has 1 rings (SSSR count). The molecule has 1 atom stereocenters. The molecule has 110 valence electrons. The smallest absolute Gasteiger partial charge is 0.232 e. The van der Waals surface area contributed by atoms with Crippen LogP contribution in [0.2, 0.25) is 0 Å². The van der Waals surface area contributed by atoms with Crippen molar-refractivity contribution in [1.82, 2.24) is 9.80 Å². The van der Waals surface area contributed by atoms with Gasteiger partial charge in [-0.05, 0) is 45.3 Å². The molecule has 1 amide bonds. The largest absolute Gasteiger partial charge is 0.393 e. The molecule has 0 aromatic heterocycles. The topological polar surface area (TPSA) is 49.6 Å². The van der Waals surface area contributed by atoms with Crippen molar-refractivity contribution in [2.75, 3.05) is 33.7 Å². The number of nitrogens with two attached hydrogens (primary N) is 1. The lowest BCUT2D eigenvalue weighted by Crippen LogP contribution is -2.43. The molecular weight excluding hydrogens is 258 g/mol. The molecular formula is C14H27N3OS. The van der Waals surface area contributed by atoms with Crippen LogP contribution in [-0.4, -0.2) is 54.4 Å². The molecule has 5 heteroatoms. The first-order chi connectivity index (χ1) is 8.95. The number of piperidine rings is 1. The number of amides is 1. The number of thiocarbonyl (C=S) groups is 1. The van der Waals surface area contributed by atoms with Gasteiger partial charge in [-0.25, -0.2) is 0 Å². The summed E-state index contributed by atoms with van der Waals surface area (Å²) in [6, 6.07) is 0. The lowest BCUT2D eigenvalue weighted by Gasteiger charge is -2.32. The monoisotopic (exact) mass is 285 g/mol. The van der Waals surface area contributed by atoms with Crippen molar-refractivity contribution >= 4 is 23.1 Å². The van der Waals surface area contributed by atoms with Crippen LogP contribution < -0.4 is 5.73 Å². The zero-order valence-electron chi connectivity index (χ0n) is 12.4. The number of hydrogen-bond acceptors (Lipinski definition) is 3. The van der Waals surface area contributed by atoms with Crippen LogP contribution in [0.3, 0.4) is 0 Å². The van der Waals surface area contributed by atoms with Gasteiger partial charge < -0.3 is 15.5 Å². The van der Waals surface area contributed by atoms with Gasteiger partial charge in [0.25, 0.3) is 0 Å². The van der Waals surface area contributed by atoms with Gasteiger partial charge in [-0.1, -0.05) is 25.6 Å². The van der Waals surface area contributed by atoms with Crippen molar-refractivity contribution < 1.29 is 4.79 Å². The molecule has 4 nitrogen and oxygen atoms in total. The highest BCUT2D eigenvalue weighted by Gasteiger charge is 2.26. The summed E-state index contributed by atoms with van der Waals surface area (Å²) >= 11 is 5.02. The summed E-state index contributed by atoms with van der Waals surface area (Å²) in [5.74, 6) is 0.420. The van der Waals surface area contributed by atoms with Crippen LogP contribution in [0.5, 0.6) is 0 Å². The van der Waals surface area contributed by atoms with Crippen LogP contribution in [0.15, 0.2) is 0 Å². The van der Waals surface area contributed by atoms with Crippen LogP contribution in [0, 0.1) is 11.8 Å². The molecule has 2 N–H and O–H groups in total. The Morgan fingerprint density at radius 2 is 2.05 bits per heavy atom. The second kappa shape index (κ2) is 7.80. The number of nitrogens with zero attached hydrogens (tertiary/aromatic N) is 2. The molecule has 0 aromatic carbocycles. The van der Waals surface area contributed by atoms with Gasteiger partial charge in [0.15, 0.2) is 0 Å². The second-order valence-electron chi connectivity index (χ2n) is 5.71. The molecule has 19 heavy (non-hydrogen) atoms. The van der Waals surface area contributed by atoms with Gasteiger partial charge in [-0.2, -0.15) is 0 Å². The number of likely N-dealkylation sites (tertiary alicyclic amines) is 1. The van der Waals surface area contributed by atoms with E-state index in [9.17, 15) is 4.79 Å². The maximum Gasteiger partial charge on any atom is 0.232 e. The summed E-state index contributed by atoms with van der Waals surface area (Å²) in [7, 11) is 4.02. The number of carbonyl (C=O) groups is 1. The van der Waals surface area contributed by atoms with Gasteiger partial charge in [0, 0.05) is 13.6 Å². The van der Waals surface area contributed by atoms with Crippen LogP contribution in [-0.2, 0) is 4.79 Å². The van der Waals surface area contributed by atoms with E-state index in [-0.39, 0.29) is 11.8 Å². The minimum atomic E-state index is -0.281. The average Bonchev–Trinajstić information content (AvgIpc) is 2.37. The Bertz CT molecular complexity index is 314. The van der Waals surface area contributed by atoms with Crippen LogP contribution in [0.25, 0.3) is 0 Å². The Hall–Kier alpha value is -0.680. The summed E-state index contributed by atoms with van der Waals surface area (Å²) in [5, 5.41) is 0. The Morgan fingerprint density at radius 3 is 2.53 bits per heavy atom. The molecule has 1 heterocycles. The summed E-state index contributed by atoms with van der Waals surface area (Å²) < 4.78 is 0. The molecule has 0 aliphatic carbocycles. The lowest BCUT2D eigenvalue weighted by atomic mass is 9.95. The Labute approximate surface area is 122 Å². The van der Waals surface area contributed by atoms with Gasteiger partial charge in [0.05, 0.1) is 10.9 Å². The highest BCUT2D eigenvalue weighted by atomic mass is 32.1. The molecule has 0 radical (unpaired) electrons. The average molecular weight is 285 g/mol. The standard InChI is InChI=1S/C14H27N3OS/c1-4-5-12(13(15)19)14(18)17(3)10-11-6-8-16(2)9-7-11/h11-12H,4-10H2,1-3H3,(H2,15,19). The van der Waals surface area contributed by atoms with E-state index in [2.05, 4.69) is 18.9 Å². The number of hydrogen-bond donors (Lipinski definition) is 1. The summed E-state index contributed by atoms with van der Waals surface area (Å²) in [4.78, 5) is 16.9. The Kier molecular flexibility index (Phi) is 6.72. The van der Waals surface area contributed by atoms with E-state index < -0.39 is 0 Å². The van der Waals surface area contributed by atoms with Crippen molar-refractivity contribution in [2.45, 2.75) is 32.6 Å². The molecule has 0 spiro atoms. The van der Waals surface area contributed by atoms with Crippen LogP contribution in [0.4, 0.5) is 0 Å². The predicted octanol–water partition coefficient (Wildman–Crippen LogP) is 1.49. The maximum atomic E-state index is 12.4. The normalized spacial score (nSPS) is 19.1. The quantitative estimate of drug-likeness (QED) is 0.751. The van der Waals surface area contributed by atoms with Gasteiger partial charge in [-0.15, -0.1) is 0 Å². The van der Waals surface area contributed by atoms with Gasteiger partial charge >= 0.3 is 0 Å². The fraction of sp³-hybridized carbons (Fsp3) is 0.857. The Morgan fingerprint density at radius 1 is 1.47 bits per heavy atom. The first kappa shape index (κ1) is 16.4. The molecule has 0 aromatic rings. The third kappa shape index (κ3) is 5.07. The second-order valence-corrected chi connectivity index (χ2v) is 6.18. The molecule has 1 aliphatic rings. The van der Waals surface area contributed by atoms with E-state index in [4.69, 9.17) is 18.0 Å². The highest BCUT2D eigenvalue weighted by molar-refractivity contribution is 7.80. The van der Waals surface area contributed by atoms with E-state index in [0.29, 0.717) is 10.9 Å². The number of carbonyl (C=O) groups excluding carboxylic acids is 1. The zero-order valence-corrected chi connectivity index (χ0v) is 13.2. The Balaban J connectivity index is 2.49.